The van der Waals surface area contributed by atoms with Gasteiger partial charge >= 0.3 is 0 Å². The first kappa shape index (κ1) is 14.9. The van der Waals surface area contributed by atoms with Crippen molar-refractivity contribution in [2.24, 2.45) is 5.16 Å². The minimum absolute atomic E-state index is 0.107. The topological polar surface area (TPSA) is 50.3 Å². The maximum absolute atomic E-state index is 5.88. The monoisotopic (exact) mass is 339 g/mol. The van der Waals surface area contributed by atoms with Crippen LogP contribution in [0.15, 0.2) is 84.3 Å². The van der Waals surface area contributed by atoms with Crippen molar-refractivity contribution in [3.05, 3.63) is 90.3 Å². The normalized spacial score (nSPS) is 16.5. The van der Waals surface area contributed by atoms with Crippen molar-refractivity contribution in [2.75, 3.05) is 0 Å². The summed E-state index contributed by atoms with van der Waals surface area (Å²) in [5.41, 5.74) is 6.55. The molecule has 3 heterocycles. The maximum Gasteiger partial charge on any atom is 0.160 e. The summed E-state index contributed by atoms with van der Waals surface area (Å²) in [7, 11) is 0. The minimum Gasteiger partial charge on any atom is -0.387 e. The number of para-hydroxylation sites is 1. The van der Waals surface area contributed by atoms with Crippen LogP contribution in [0.25, 0.3) is 22.2 Å². The number of fused-ring (bicyclic) bond motifs is 1. The average molecular weight is 339 g/mol. The highest BCUT2D eigenvalue weighted by Gasteiger charge is 2.29. The van der Waals surface area contributed by atoms with E-state index < -0.39 is 0 Å². The fourth-order valence-electron chi connectivity index (χ4n) is 3.58. The molecule has 4 heteroatoms. The van der Waals surface area contributed by atoms with E-state index in [0.717, 1.165) is 34.5 Å². The van der Waals surface area contributed by atoms with Crippen molar-refractivity contribution in [1.82, 2.24) is 9.97 Å². The van der Waals surface area contributed by atoms with E-state index in [-0.39, 0.29) is 6.10 Å². The van der Waals surface area contributed by atoms with Crippen molar-refractivity contribution in [2.45, 2.75) is 12.5 Å². The number of benzene rings is 2. The van der Waals surface area contributed by atoms with Crippen LogP contribution in [-0.4, -0.2) is 15.7 Å². The molecule has 26 heavy (non-hydrogen) atoms. The molecule has 126 valence electrons. The summed E-state index contributed by atoms with van der Waals surface area (Å²) in [6.45, 7) is 0. The number of nitrogens with zero attached hydrogens (tertiary/aromatic N) is 2. The summed E-state index contributed by atoms with van der Waals surface area (Å²) in [5.74, 6) is 0. The second kappa shape index (κ2) is 6.15. The van der Waals surface area contributed by atoms with E-state index in [1.54, 1.807) is 12.4 Å². The van der Waals surface area contributed by atoms with Gasteiger partial charge in [-0.3, -0.25) is 4.98 Å². The molecule has 4 nitrogen and oxygen atoms in total. The van der Waals surface area contributed by atoms with Crippen LogP contribution >= 0.6 is 0 Å². The van der Waals surface area contributed by atoms with Crippen molar-refractivity contribution >= 4 is 16.6 Å². The Morgan fingerprint density at radius 3 is 2.46 bits per heavy atom. The molecule has 0 saturated heterocycles. The van der Waals surface area contributed by atoms with E-state index in [0.29, 0.717) is 0 Å². The predicted octanol–water partition coefficient (Wildman–Crippen LogP) is 5.10. The zero-order chi connectivity index (χ0) is 17.3. The molecule has 1 aliphatic heterocycles. The second-order valence-corrected chi connectivity index (χ2v) is 6.40. The molecule has 0 saturated carbocycles. The molecule has 1 atom stereocenters. The average Bonchev–Trinajstić information content (AvgIpc) is 3.34. The summed E-state index contributed by atoms with van der Waals surface area (Å²) in [6.07, 6.45) is 4.20. The number of oxime groups is 1. The van der Waals surface area contributed by atoms with E-state index in [9.17, 15) is 0 Å². The van der Waals surface area contributed by atoms with E-state index in [2.05, 4.69) is 57.6 Å². The van der Waals surface area contributed by atoms with Crippen LogP contribution in [-0.2, 0) is 4.84 Å². The first-order valence-electron chi connectivity index (χ1n) is 8.69. The molecular formula is C22H17N3O. The van der Waals surface area contributed by atoms with Gasteiger partial charge in [0.05, 0.1) is 11.4 Å². The summed E-state index contributed by atoms with van der Waals surface area (Å²) in [6, 6.07) is 22.7. The Morgan fingerprint density at radius 2 is 1.62 bits per heavy atom. The Balaban J connectivity index is 1.59. The van der Waals surface area contributed by atoms with Crippen LogP contribution in [0.4, 0.5) is 0 Å². The molecule has 2 aromatic heterocycles. The van der Waals surface area contributed by atoms with Crippen molar-refractivity contribution in [3.8, 4) is 11.3 Å². The highest BCUT2D eigenvalue weighted by atomic mass is 16.6. The van der Waals surface area contributed by atoms with Crippen LogP contribution in [0.5, 0.6) is 0 Å². The van der Waals surface area contributed by atoms with Gasteiger partial charge in [-0.05, 0) is 23.8 Å². The van der Waals surface area contributed by atoms with Gasteiger partial charge in [-0.1, -0.05) is 53.7 Å². The van der Waals surface area contributed by atoms with Crippen LogP contribution in [0.1, 0.15) is 23.7 Å². The lowest BCUT2D eigenvalue weighted by molar-refractivity contribution is 0.0872. The highest BCUT2D eigenvalue weighted by Crippen LogP contribution is 2.40. The fourth-order valence-corrected chi connectivity index (χ4v) is 3.58. The van der Waals surface area contributed by atoms with E-state index in [1.807, 2.05) is 24.3 Å². The Labute approximate surface area is 151 Å². The largest absolute Gasteiger partial charge is 0.387 e. The molecule has 1 unspecified atom stereocenters. The van der Waals surface area contributed by atoms with Crippen molar-refractivity contribution < 1.29 is 4.84 Å². The van der Waals surface area contributed by atoms with Gasteiger partial charge in [0.25, 0.3) is 0 Å². The van der Waals surface area contributed by atoms with Gasteiger partial charge in [0, 0.05) is 40.8 Å². The Hall–Kier alpha value is -3.40. The molecule has 0 fully saturated rings. The number of pyridine rings is 1. The zero-order valence-corrected chi connectivity index (χ0v) is 14.1. The second-order valence-electron chi connectivity index (χ2n) is 6.40. The Bertz CT molecular complexity index is 1080. The van der Waals surface area contributed by atoms with Gasteiger partial charge in [-0.15, -0.1) is 0 Å². The number of aromatic nitrogens is 2. The molecule has 0 spiro atoms. The third kappa shape index (κ3) is 2.47. The summed E-state index contributed by atoms with van der Waals surface area (Å²) < 4.78 is 0. The highest BCUT2D eigenvalue weighted by molar-refractivity contribution is 6.02. The van der Waals surface area contributed by atoms with Gasteiger partial charge in [-0.25, -0.2) is 0 Å². The van der Waals surface area contributed by atoms with Crippen molar-refractivity contribution in [3.63, 3.8) is 0 Å². The van der Waals surface area contributed by atoms with Crippen LogP contribution in [0.2, 0.25) is 0 Å². The van der Waals surface area contributed by atoms with Gasteiger partial charge in [0.2, 0.25) is 0 Å². The number of hydrogen-bond acceptors (Lipinski definition) is 3. The molecule has 5 rings (SSSR count). The smallest absolute Gasteiger partial charge is 0.160 e. The molecule has 0 bridgehead atoms. The SMILES string of the molecule is c1ccc(-c2[nH]c3ccccc3c2C2CC(c3ccncc3)=NO2)cc1. The lowest BCUT2D eigenvalue weighted by Gasteiger charge is -2.11. The molecule has 1 N–H and O–H groups in total. The quantitative estimate of drug-likeness (QED) is 0.565. The number of hydrogen-bond donors (Lipinski definition) is 1. The van der Waals surface area contributed by atoms with E-state index >= 15 is 0 Å². The first-order chi connectivity index (χ1) is 12.9. The molecule has 4 aromatic rings. The third-order valence-electron chi connectivity index (χ3n) is 4.81. The Morgan fingerprint density at radius 1 is 0.846 bits per heavy atom. The predicted molar refractivity (Wildman–Crippen MR) is 103 cm³/mol. The van der Waals surface area contributed by atoms with E-state index in [4.69, 9.17) is 4.84 Å². The fraction of sp³-hybridized carbons (Fsp3) is 0.0909. The van der Waals surface area contributed by atoms with Crippen LogP contribution in [0, 0.1) is 0 Å². The van der Waals surface area contributed by atoms with Gasteiger partial charge in [0.1, 0.15) is 0 Å². The lowest BCUT2D eigenvalue weighted by atomic mass is 9.96. The third-order valence-corrected chi connectivity index (χ3v) is 4.81. The molecule has 2 aromatic carbocycles. The number of rotatable bonds is 3. The first-order valence-corrected chi connectivity index (χ1v) is 8.69. The number of aromatic amines is 1. The summed E-state index contributed by atoms with van der Waals surface area (Å²) in [5, 5.41) is 5.54. The minimum atomic E-state index is -0.107. The van der Waals surface area contributed by atoms with Gasteiger partial charge < -0.3 is 9.82 Å². The Kier molecular flexibility index (Phi) is 3.53. The number of nitrogens with one attached hydrogen (secondary N) is 1. The van der Waals surface area contributed by atoms with Gasteiger partial charge in [-0.2, -0.15) is 0 Å². The molecular weight excluding hydrogens is 322 g/mol. The van der Waals surface area contributed by atoms with Crippen molar-refractivity contribution in [1.29, 1.82) is 0 Å². The van der Waals surface area contributed by atoms with Crippen LogP contribution < -0.4 is 0 Å². The van der Waals surface area contributed by atoms with E-state index in [1.165, 1.54) is 10.9 Å². The van der Waals surface area contributed by atoms with Gasteiger partial charge in [0.15, 0.2) is 6.10 Å². The molecule has 0 amide bonds. The summed E-state index contributed by atoms with van der Waals surface area (Å²) >= 11 is 0. The molecule has 1 aliphatic rings. The zero-order valence-electron chi connectivity index (χ0n) is 14.1. The lowest BCUT2D eigenvalue weighted by Crippen LogP contribution is -2.02. The maximum atomic E-state index is 5.88. The molecule has 0 aliphatic carbocycles. The standard InChI is InChI=1S/C22H17N3O/c1-2-6-16(7-3-1)22-21(17-8-4-5-9-18(17)24-22)20-14-19(25-26-20)15-10-12-23-13-11-15/h1-13,20,24H,14H2. The molecule has 0 radical (unpaired) electrons. The van der Waals surface area contributed by atoms with Crippen LogP contribution in [0.3, 0.4) is 0 Å². The summed E-state index contributed by atoms with van der Waals surface area (Å²) in [4.78, 5) is 13.5. The number of H-pyrrole nitrogens is 1.